The normalized spacial score (nSPS) is 10.8. The quantitative estimate of drug-likeness (QED) is 0.464. The second-order valence-corrected chi connectivity index (χ2v) is 7.28. The van der Waals surface area contributed by atoms with Crippen molar-refractivity contribution >= 4 is 34.9 Å². The number of aryl methyl sites for hydroxylation is 1. The number of furan rings is 1. The molecule has 1 N–H and O–H groups in total. The average molecular weight is 440 g/mol. The Labute approximate surface area is 181 Å². The van der Waals surface area contributed by atoms with Gasteiger partial charge in [-0.3, -0.25) is 9.59 Å². The highest BCUT2D eigenvalue weighted by atomic mass is 35.5. The molecular weight excluding hydrogens is 425 g/mol. The predicted octanol–water partition coefficient (Wildman–Crippen LogP) is 5.36. The fraction of sp³-hybridized carbons (Fsp3) is 0.0455. The van der Waals surface area contributed by atoms with E-state index >= 15 is 0 Å². The van der Waals surface area contributed by atoms with Crippen molar-refractivity contribution in [1.82, 2.24) is 9.78 Å². The molecule has 4 aromatic rings. The van der Waals surface area contributed by atoms with Crippen molar-refractivity contribution in [2.24, 2.45) is 0 Å². The summed E-state index contributed by atoms with van der Waals surface area (Å²) in [6.45, 7) is 1.60. The van der Waals surface area contributed by atoms with E-state index in [-0.39, 0.29) is 28.3 Å². The number of amides is 1. The number of nitrogens with zero attached hydrogens (tertiary/aromatic N) is 2. The van der Waals surface area contributed by atoms with Crippen molar-refractivity contribution in [3.63, 3.8) is 0 Å². The molecule has 0 saturated carbocycles. The summed E-state index contributed by atoms with van der Waals surface area (Å²) in [6.07, 6.45) is 1.39. The zero-order valence-corrected chi connectivity index (χ0v) is 17.2. The molecule has 0 bridgehead atoms. The summed E-state index contributed by atoms with van der Waals surface area (Å²) in [5.41, 5.74) is 1.14. The van der Waals surface area contributed by atoms with Crippen LogP contribution in [0.4, 0.5) is 5.82 Å². The first-order valence-electron chi connectivity index (χ1n) is 8.95. The van der Waals surface area contributed by atoms with E-state index in [1.165, 1.54) is 17.0 Å². The zero-order chi connectivity index (χ0) is 21.3. The number of benzene rings is 2. The van der Waals surface area contributed by atoms with Crippen molar-refractivity contribution in [3.8, 4) is 16.8 Å². The summed E-state index contributed by atoms with van der Waals surface area (Å²) in [6, 6.07) is 16.9. The molecule has 0 aliphatic heterocycles. The molecule has 0 aliphatic rings. The molecule has 6 nitrogen and oxygen atoms in total. The van der Waals surface area contributed by atoms with Gasteiger partial charge in [0.2, 0.25) is 5.43 Å². The number of nitrogens with one attached hydrogen (secondary N) is 1. The lowest BCUT2D eigenvalue weighted by atomic mass is 10.0. The monoisotopic (exact) mass is 439 g/mol. The van der Waals surface area contributed by atoms with Crippen LogP contribution >= 0.6 is 23.2 Å². The lowest BCUT2D eigenvalue weighted by Crippen LogP contribution is -2.24. The van der Waals surface area contributed by atoms with E-state index in [0.29, 0.717) is 21.3 Å². The smallest absolute Gasteiger partial charge is 0.292 e. The van der Waals surface area contributed by atoms with Crippen LogP contribution in [0.5, 0.6) is 0 Å². The van der Waals surface area contributed by atoms with Crippen LogP contribution in [0.2, 0.25) is 10.0 Å². The molecule has 2 heterocycles. The Morgan fingerprint density at radius 1 is 1.07 bits per heavy atom. The van der Waals surface area contributed by atoms with Crippen LogP contribution in [0.25, 0.3) is 16.8 Å². The molecule has 2 aromatic heterocycles. The first-order chi connectivity index (χ1) is 14.5. The second kappa shape index (κ2) is 8.18. The van der Waals surface area contributed by atoms with Gasteiger partial charge in [0.1, 0.15) is 11.5 Å². The summed E-state index contributed by atoms with van der Waals surface area (Å²) in [5.74, 6) is -0.290. The summed E-state index contributed by atoms with van der Waals surface area (Å²) >= 11 is 12.6. The van der Waals surface area contributed by atoms with Gasteiger partial charge in [0, 0.05) is 15.6 Å². The molecule has 0 radical (unpaired) electrons. The van der Waals surface area contributed by atoms with Gasteiger partial charge in [-0.05, 0) is 43.3 Å². The Morgan fingerprint density at radius 2 is 1.87 bits per heavy atom. The van der Waals surface area contributed by atoms with Gasteiger partial charge in [0.25, 0.3) is 5.91 Å². The van der Waals surface area contributed by atoms with Crippen molar-refractivity contribution in [3.05, 3.63) is 98.6 Å². The number of halogens is 2. The standard InChI is InChI=1S/C22H15Cl2N3O3/c1-13-20(28)19(16-8-2-3-9-17(16)24)21(25-22(29)18-10-5-11-30-18)27(26-13)15-7-4-6-14(23)12-15/h2-12H,1H3,(H,25,29). The number of carbonyl (C=O) groups is 1. The van der Waals surface area contributed by atoms with Gasteiger partial charge in [-0.1, -0.05) is 47.5 Å². The highest BCUT2D eigenvalue weighted by molar-refractivity contribution is 6.33. The third-order valence-corrected chi connectivity index (χ3v) is 4.99. The van der Waals surface area contributed by atoms with Crippen molar-refractivity contribution < 1.29 is 9.21 Å². The highest BCUT2D eigenvalue weighted by Gasteiger charge is 2.23. The maximum atomic E-state index is 13.1. The Bertz CT molecular complexity index is 1300. The molecule has 0 saturated heterocycles. The van der Waals surface area contributed by atoms with Gasteiger partial charge in [0.15, 0.2) is 5.76 Å². The summed E-state index contributed by atoms with van der Waals surface area (Å²) < 4.78 is 6.65. The third kappa shape index (κ3) is 3.75. The Hall–Kier alpha value is -3.35. The van der Waals surface area contributed by atoms with Gasteiger partial charge < -0.3 is 9.73 Å². The minimum Gasteiger partial charge on any atom is -0.459 e. The Balaban J connectivity index is 2.02. The molecule has 150 valence electrons. The molecule has 4 rings (SSSR count). The van der Waals surface area contributed by atoms with Gasteiger partial charge in [-0.15, -0.1) is 0 Å². The van der Waals surface area contributed by atoms with E-state index in [1.807, 2.05) is 0 Å². The van der Waals surface area contributed by atoms with Gasteiger partial charge in [0.05, 0.1) is 17.5 Å². The number of carbonyl (C=O) groups excluding carboxylic acids is 1. The molecule has 0 spiro atoms. The van der Waals surface area contributed by atoms with Gasteiger partial charge >= 0.3 is 0 Å². The van der Waals surface area contributed by atoms with Crippen LogP contribution in [0.15, 0.2) is 76.1 Å². The zero-order valence-electron chi connectivity index (χ0n) is 15.7. The molecule has 8 heteroatoms. The summed E-state index contributed by atoms with van der Waals surface area (Å²) in [5, 5.41) is 8.00. The molecule has 30 heavy (non-hydrogen) atoms. The van der Waals surface area contributed by atoms with Crippen molar-refractivity contribution in [1.29, 1.82) is 0 Å². The molecular formula is C22H15Cl2N3O3. The highest BCUT2D eigenvalue weighted by Crippen LogP contribution is 2.32. The first-order valence-corrected chi connectivity index (χ1v) is 9.71. The van der Waals surface area contributed by atoms with Gasteiger partial charge in [-0.2, -0.15) is 5.10 Å². The Morgan fingerprint density at radius 3 is 2.57 bits per heavy atom. The van der Waals surface area contributed by atoms with Gasteiger partial charge in [-0.25, -0.2) is 4.68 Å². The molecule has 0 fully saturated rings. The topological polar surface area (TPSA) is 77.1 Å². The van der Waals surface area contributed by atoms with Crippen LogP contribution in [-0.2, 0) is 0 Å². The third-order valence-electron chi connectivity index (χ3n) is 4.43. The summed E-state index contributed by atoms with van der Waals surface area (Å²) in [7, 11) is 0. The lowest BCUT2D eigenvalue weighted by molar-refractivity contribution is 0.0996. The Kier molecular flexibility index (Phi) is 5.44. The second-order valence-electron chi connectivity index (χ2n) is 6.44. The molecule has 0 atom stereocenters. The van der Waals surface area contributed by atoms with Crippen LogP contribution < -0.4 is 10.7 Å². The van der Waals surface area contributed by atoms with Crippen LogP contribution in [0.1, 0.15) is 16.2 Å². The van der Waals surface area contributed by atoms with E-state index < -0.39 is 5.91 Å². The summed E-state index contributed by atoms with van der Waals surface area (Å²) in [4.78, 5) is 25.9. The molecule has 2 aromatic carbocycles. The van der Waals surface area contributed by atoms with Crippen LogP contribution in [0.3, 0.4) is 0 Å². The first kappa shape index (κ1) is 19.9. The lowest BCUT2D eigenvalue weighted by Gasteiger charge is -2.18. The van der Waals surface area contributed by atoms with Crippen molar-refractivity contribution in [2.45, 2.75) is 6.92 Å². The van der Waals surface area contributed by atoms with E-state index in [1.54, 1.807) is 61.5 Å². The van der Waals surface area contributed by atoms with Crippen molar-refractivity contribution in [2.75, 3.05) is 5.32 Å². The number of hydrogen-bond donors (Lipinski definition) is 1. The maximum Gasteiger partial charge on any atom is 0.292 e. The number of rotatable bonds is 4. The number of anilines is 1. The molecule has 0 aliphatic carbocycles. The van der Waals surface area contributed by atoms with Crippen LogP contribution in [0, 0.1) is 6.92 Å². The van der Waals surface area contributed by atoms with E-state index in [4.69, 9.17) is 27.6 Å². The minimum absolute atomic E-state index is 0.0887. The van der Waals surface area contributed by atoms with E-state index in [9.17, 15) is 9.59 Å². The fourth-order valence-corrected chi connectivity index (χ4v) is 3.46. The largest absolute Gasteiger partial charge is 0.459 e. The molecule has 0 unspecified atom stereocenters. The number of aromatic nitrogens is 2. The van der Waals surface area contributed by atoms with E-state index in [2.05, 4.69) is 10.4 Å². The van der Waals surface area contributed by atoms with Crippen LogP contribution in [-0.4, -0.2) is 15.7 Å². The predicted molar refractivity (Wildman–Crippen MR) is 117 cm³/mol. The minimum atomic E-state index is -0.533. The van der Waals surface area contributed by atoms with E-state index in [0.717, 1.165) is 0 Å². The maximum absolute atomic E-state index is 13.1. The average Bonchev–Trinajstić information content (AvgIpc) is 3.27. The fourth-order valence-electron chi connectivity index (χ4n) is 3.04. The number of hydrogen-bond acceptors (Lipinski definition) is 4. The molecule has 1 amide bonds. The SMILES string of the molecule is Cc1nn(-c2cccc(Cl)c2)c(NC(=O)c2ccco2)c(-c2ccccc2Cl)c1=O.